The van der Waals surface area contributed by atoms with E-state index < -0.39 is 16.3 Å². The van der Waals surface area contributed by atoms with Gasteiger partial charge in [-0.25, -0.2) is 23.1 Å². The third-order valence-electron chi connectivity index (χ3n) is 9.37. The van der Waals surface area contributed by atoms with Crippen LogP contribution in [-0.4, -0.2) is 72.2 Å². The van der Waals surface area contributed by atoms with Gasteiger partial charge in [0.15, 0.2) is 6.29 Å². The molecule has 2 saturated heterocycles. The van der Waals surface area contributed by atoms with Gasteiger partial charge in [0.05, 0.1) is 24.3 Å². The van der Waals surface area contributed by atoms with E-state index in [2.05, 4.69) is 36.4 Å². The first-order valence-electron chi connectivity index (χ1n) is 16.5. The van der Waals surface area contributed by atoms with Crippen molar-refractivity contribution >= 4 is 26.9 Å². The van der Waals surface area contributed by atoms with Gasteiger partial charge < -0.3 is 19.5 Å². The molecule has 4 heterocycles. The molecule has 5 aromatic rings. The Bertz CT molecular complexity index is 1950. The molecule has 12 heteroatoms. The van der Waals surface area contributed by atoms with Crippen LogP contribution in [0.4, 0.5) is 5.95 Å². The van der Waals surface area contributed by atoms with E-state index in [0.29, 0.717) is 5.52 Å². The summed E-state index contributed by atoms with van der Waals surface area (Å²) in [6, 6.07) is 26.2. The predicted molar refractivity (Wildman–Crippen MR) is 186 cm³/mol. The Balaban J connectivity index is 1.05. The summed E-state index contributed by atoms with van der Waals surface area (Å²) >= 11 is 0. The van der Waals surface area contributed by atoms with Crippen molar-refractivity contribution in [3.05, 3.63) is 126 Å². The molecule has 4 atom stereocenters. The third-order valence-corrected chi connectivity index (χ3v) is 10.8. The molecular weight excluding hydrogens is 641 g/mol. The molecule has 0 bridgehead atoms. The fourth-order valence-electron chi connectivity index (χ4n) is 6.51. The SMILES string of the molecule is C[C@H]1[C@@H](CN2CCN(c3ncccn3)CC2)OC(c2ccc(CNS(=O)(=O)c3cccc4cccnc34)cc2)O[C@H]1c1ccc(CO)cc1. The number of hydrogen-bond acceptors (Lipinski definition) is 10. The normalized spacial score (nSPS) is 22.0. The van der Waals surface area contributed by atoms with Crippen molar-refractivity contribution in [2.75, 3.05) is 37.6 Å². The van der Waals surface area contributed by atoms with Gasteiger partial charge in [-0.15, -0.1) is 0 Å². The molecule has 49 heavy (non-hydrogen) atoms. The number of fused-ring (bicyclic) bond motifs is 1. The van der Waals surface area contributed by atoms with Crippen molar-refractivity contribution in [1.29, 1.82) is 0 Å². The quantitative estimate of drug-likeness (QED) is 0.216. The number of benzene rings is 3. The summed E-state index contributed by atoms with van der Waals surface area (Å²) in [4.78, 5) is 17.9. The average molecular weight is 681 g/mol. The Morgan fingerprint density at radius 3 is 2.20 bits per heavy atom. The summed E-state index contributed by atoms with van der Waals surface area (Å²) in [7, 11) is -3.80. The zero-order valence-electron chi connectivity index (χ0n) is 27.3. The summed E-state index contributed by atoms with van der Waals surface area (Å²) in [5, 5.41) is 10.4. The molecule has 2 aliphatic rings. The lowest BCUT2D eigenvalue weighted by Crippen LogP contribution is -2.51. The lowest BCUT2D eigenvalue weighted by Gasteiger charge is -2.44. The maximum Gasteiger partial charge on any atom is 0.243 e. The van der Waals surface area contributed by atoms with E-state index in [1.807, 2.05) is 66.7 Å². The highest BCUT2D eigenvalue weighted by Gasteiger charge is 2.39. The molecule has 254 valence electrons. The van der Waals surface area contributed by atoms with Crippen LogP contribution in [-0.2, 0) is 32.6 Å². The molecule has 0 aliphatic carbocycles. The van der Waals surface area contributed by atoms with Gasteiger partial charge in [-0.1, -0.05) is 73.7 Å². The number of piperazine rings is 1. The standard InChI is InChI=1S/C37H40N6O5S/c1-26-32(24-42-19-21-43(22-20-42)37-39-17-4-18-40-37)47-36(48-35(26)30-12-10-28(25-44)11-13-30)31-14-8-27(9-15-31)23-41-49(45,46)33-7-2-5-29-6-3-16-38-34(29)33/h2-18,26,32,35-36,41,44H,19-25H2,1H3/t26-,32+,35+,36?/m0/s1. The number of rotatable bonds is 10. The molecule has 2 aromatic heterocycles. The number of ether oxygens (including phenoxy) is 2. The van der Waals surface area contributed by atoms with Crippen molar-refractivity contribution < 1.29 is 23.0 Å². The van der Waals surface area contributed by atoms with Crippen LogP contribution in [0.2, 0.25) is 0 Å². The van der Waals surface area contributed by atoms with Crippen LogP contribution in [0, 0.1) is 5.92 Å². The van der Waals surface area contributed by atoms with Crippen LogP contribution in [0.1, 0.15) is 41.6 Å². The summed E-state index contributed by atoms with van der Waals surface area (Å²) in [6.45, 7) is 6.42. The van der Waals surface area contributed by atoms with Crippen molar-refractivity contribution in [3.8, 4) is 0 Å². The molecular formula is C37H40N6O5S. The highest BCUT2D eigenvalue weighted by atomic mass is 32.2. The molecule has 7 rings (SSSR count). The van der Waals surface area contributed by atoms with E-state index in [-0.39, 0.29) is 36.2 Å². The summed E-state index contributed by atoms with van der Waals surface area (Å²) in [5.74, 6) is 0.815. The monoisotopic (exact) mass is 680 g/mol. The number of anilines is 1. The smallest absolute Gasteiger partial charge is 0.243 e. The molecule has 2 aliphatic heterocycles. The molecule has 0 radical (unpaired) electrons. The lowest BCUT2D eigenvalue weighted by atomic mass is 9.90. The number of hydrogen-bond donors (Lipinski definition) is 2. The molecule has 2 fully saturated rings. The maximum atomic E-state index is 13.2. The second-order valence-corrected chi connectivity index (χ2v) is 14.3. The Hall–Kier alpha value is -4.30. The average Bonchev–Trinajstić information content (AvgIpc) is 3.15. The van der Waals surface area contributed by atoms with Crippen molar-refractivity contribution in [2.45, 2.75) is 43.5 Å². The van der Waals surface area contributed by atoms with E-state index >= 15 is 0 Å². The largest absolute Gasteiger partial charge is 0.392 e. The van der Waals surface area contributed by atoms with Gasteiger partial charge in [0, 0.05) is 74.7 Å². The number of aromatic nitrogens is 3. The van der Waals surface area contributed by atoms with Gasteiger partial charge in [0.1, 0.15) is 4.90 Å². The van der Waals surface area contributed by atoms with Crippen molar-refractivity contribution in [3.63, 3.8) is 0 Å². The van der Waals surface area contributed by atoms with Crippen LogP contribution in [0.5, 0.6) is 0 Å². The van der Waals surface area contributed by atoms with Gasteiger partial charge in [0.2, 0.25) is 16.0 Å². The fourth-order valence-corrected chi connectivity index (χ4v) is 7.70. The summed E-state index contributed by atoms with van der Waals surface area (Å²) in [5.41, 5.74) is 3.97. The second kappa shape index (κ2) is 14.7. The third kappa shape index (κ3) is 7.49. The van der Waals surface area contributed by atoms with Gasteiger partial charge in [-0.05, 0) is 34.9 Å². The van der Waals surface area contributed by atoms with E-state index in [0.717, 1.165) is 66.3 Å². The number of pyridine rings is 1. The van der Waals surface area contributed by atoms with E-state index in [1.54, 1.807) is 36.8 Å². The van der Waals surface area contributed by atoms with Crippen LogP contribution in [0.25, 0.3) is 10.9 Å². The van der Waals surface area contributed by atoms with Gasteiger partial charge in [0.25, 0.3) is 0 Å². The zero-order chi connectivity index (χ0) is 33.8. The predicted octanol–water partition coefficient (Wildman–Crippen LogP) is 4.61. The Morgan fingerprint density at radius 1 is 0.796 bits per heavy atom. The number of para-hydroxylation sites is 1. The second-order valence-electron chi connectivity index (χ2n) is 12.6. The highest BCUT2D eigenvalue weighted by Crippen LogP contribution is 2.42. The molecule has 1 unspecified atom stereocenters. The van der Waals surface area contributed by atoms with E-state index in [4.69, 9.17) is 9.47 Å². The minimum Gasteiger partial charge on any atom is -0.392 e. The first kappa shape index (κ1) is 33.2. The number of sulfonamides is 1. The van der Waals surface area contributed by atoms with Crippen molar-refractivity contribution in [1.82, 2.24) is 24.6 Å². The first-order valence-corrected chi connectivity index (χ1v) is 18.0. The topological polar surface area (TPSA) is 130 Å². The molecule has 11 nitrogen and oxygen atoms in total. The van der Waals surface area contributed by atoms with Gasteiger partial charge in [-0.3, -0.25) is 9.88 Å². The van der Waals surface area contributed by atoms with E-state index in [1.165, 1.54) is 0 Å². The lowest BCUT2D eigenvalue weighted by molar-refractivity contribution is -0.276. The first-order chi connectivity index (χ1) is 23.9. The zero-order valence-corrected chi connectivity index (χ0v) is 28.1. The number of aliphatic hydroxyl groups excluding tert-OH is 1. The molecule has 2 N–H and O–H groups in total. The minimum absolute atomic E-state index is 0.0168. The maximum absolute atomic E-state index is 13.2. The Morgan fingerprint density at radius 2 is 1.47 bits per heavy atom. The van der Waals surface area contributed by atoms with Gasteiger partial charge >= 0.3 is 0 Å². The van der Waals surface area contributed by atoms with E-state index in [9.17, 15) is 13.5 Å². The minimum atomic E-state index is -3.80. The van der Waals surface area contributed by atoms with Crippen LogP contribution in [0.15, 0.2) is 108 Å². The van der Waals surface area contributed by atoms with Crippen LogP contribution < -0.4 is 9.62 Å². The van der Waals surface area contributed by atoms with Crippen LogP contribution >= 0.6 is 0 Å². The Kier molecular flexibility index (Phi) is 9.94. The Labute approximate surface area is 286 Å². The van der Waals surface area contributed by atoms with Gasteiger partial charge in [-0.2, -0.15) is 0 Å². The molecule has 3 aromatic carbocycles. The number of nitrogens with zero attached hydrogens (tertiary/aromatic N) is 5. The van der Waals surface area contributed by atoms with Crippen LogP contribution in [0.3, 0.4) is 0 Å². The fraction of sp³-hybridized carbons (Fsp3) is 0.324. The molecule has 0 spiro atoms. The number of nitrogens with one attached hydrogen (secondary N) is 1. The molecule has 0 saturated carbocycles. The molecule has 0 amide bonds. The van der Waals surface area contributed by atoms with Crippen molar-refractivity contribution in [2.24, 2.45) is 5.92 Å². The number of aliphatic hydroxyl groups is 1. The summed E-state index contributed by atoms with van der Waals surface area (Å²) < 4.78 is 42.6. The highest BCUT2D eigenvalue weighted by molar-refractivity contribution is 7.89. The summed E-state index contributed by atoms with van der Waals surface area (Å²) in [6.07, 6.45) is 4.19.